The van der Waals surface area contributed by atoms with Gasteiger partial charge in [-0.3, -0.25) is 4.79 Å². The summed E-state index contributed by atoms with van der Waals surface area (Å²) in [6.07, 6.45) is 3.26. The van der Waals surface area contributed by atoms with Gasteiger partial charge in [0, 0.05) is 24.9 Å². The number of rotatable bonds is 1. The average Bonchev–Trinajstić information content (AvgIpc) is 2.55. The van der Waals surface area contributed by atoms with Gasteiger partial charge in [-0.15, -0.1) is 0 Å². The van der Waals surface area contributed by atoms with Gasteiger partial charge in [0.15, 0.2) is 0 Å². The van der Waals surface area contributed by atoms with Crippen molar-refractivity contribution >= 4 is 5.91 Å². The van der Waals surface area contributed by atoms with Crippen LogP contribution in [0.5, 0.6) is 0 Å². The molecule has 2 rings (SSSR count). The molecule has 3 nitrogen and oxygen atoms in total. The van der Waals surface area contributed by atoms with Gasteiger partial charge in [0.05, 0.1) is 0 Å². The monoisotopic (exact) mass is 154 g/mol. The molecule has 3 heteroatoms. The van der Waals surface area contributed by atoms with Crippen LogP contribution in [0.3, 0.4) is 0 Å². The third-order valence-corrected chi connectivity index (χ3v) is 2.68. The molecule has 0 aliphatic carbocycles. The SMILES string of the molecule is O=C1CC(C2CCCN2)CN1. The van der Waals surface area contributed by atoms with Crippen LogP contribution < -0.4 is 10.6 Å². The molecule has 0 aromatic heterocycles. The van der Waals surface area contributed by atoms with Crippen LogP contribution in [0.25, 0.3) is 0 Å². The first-order valence-corrected chi connectivity index (χ1v) is 4.36. The fourth-order valence-corrected chi connectivity index (χ4v) is 2.03. The molecule has 2 N–H and O–H groups in total. The zero-order valence-corrected chi connectivity index (χ0v) is 6.60. The Balaban J connectivity index is 1.90. The quantitative estimate of drug-likeness (QED) is 0.552. The Morgan fingerprint density at radius 2 is 2.36 bits per heavy atom. The second-order valence-corrected chi connectivity index (χ2v) is 3.47. The normalized spacial score (nSPS) is 37.6. The number of carbonyl (C=O) groups excluding carboxylic acids is 1. The second kappa shape index (κ2) is 2.81. The Labute approximate surface area is 66.5 Å². The summed E-state index contributed by atoms with van der Waals surface area (Å²) in [7, 11) is 0. The fourth-order valence-electron chi connectivity index (χ4n) is 2.03. The predicted molar refractivity (Wildman–Crippen MR) is 42.1 cm³/mol. The minimum Gasteiger partial charge on any atom is -0.356 e. The third kappa shape index (κ3) is 1.38. The summed E-state index contributed by atoms with van der Waals surface area (Å²) in [6, 6.07) is 0.606. The van der Waals surface area contributed by atoms with Crippen molar-refractivity contribution < 1.29 is 4.79 Å². The first kappa shape index (κ1) is 7.10. The standard InChI is InChI=1S/C8H14N2O/c11-8-4-6(5-10-8)7-2-1-3-9-7/h6-7,9H,1-5H2,(H,10,11). The first-order valence-electron chi connectivity index (χ1n) is 4.36. The van der Waals surface area contributed by atoms with Crippen LogP contribution in [0.1, 0.15) is 19.3 Å². The van der Waals surface area contributed by atoms with Crippen molar-refractivity contribution in [1.29, 1.82) is 0 Å². The van der Waals surface area contributed by atoms with Crippen LogP contribution in [0, 0.1) is 5.92 Å². The van der Waals surface area contributed by atoms with Gasteiger partial charge in [-0.25, -0.2) is 0 Å². The lowest BCUT2D eigenvalue weighted by Crippen LogP contribution is -2.31. The van der Waals surface area contributed by atoms with Gasteiger partial charge in [-0.2, -0.15) is 0 Å². The van der Waals surface area contributed by atoms with Gasteiger partial charge >= 0.3 is 0 Å². The number of hydrogen-bond donors (Lipinski definition) is 2. The molecule has 0 saturated carbocycles. The van der Waals surface area contributed by atoms with Crippen LogP contribution in [0.15, 0.2) is 0 Å². The molecule has 2 aliphatic rings. The largest absolute Gasteiger partial charge is 0.356 e. The minimum absolute atomic E-state index is 0.226. The van der Waals surface area contributed by atoms with Crippen LogP contribution >= 0.6 is 0 Å². The molecule has 2 heterocycles. The van der Waals surface area contributed by atoms with E-state index in [0.717, 1.165) is 19.5 Å². The second-order valence-electron chi connectivity index (χ2n) is 3.47. The lowest BCUT2D eigenvalue weighted by Gasteiger charge is -2.15. The predicted octanol–water partition coefficient (Wildman–Crippen LogP) is -0.126. The lowest BCUT2D eigenvalue weighted by atomic mass is 9.98. The van der Waals surface area contributed by atoms with Crippen LogP contribution in [0.4, 0.5) is 0 Å². The lowest BCUT2D eigenvalue weighted by molar-refractivity contribution is -0.119. The van der Waals surface area contributed by atoms with E-state index in [1.54, 1.807) is 0 Å². The molecule has 0 aromatic carbocycles. The number of nitrogens with one attached hydrogen (secondary N) is 2. The molecule has 62 valence electrons. The number of amides is 1. The van der Waals surface area contributed by atoms with Crippen molar-refractivity contribution in [1.82, 2.24) is 10.6 Å². The van der Waals surface area contributed by atoms with Gasteiger partial charge in [-0.05, 0) is 19.4 Å². The van der Waals surface area contributed by atoms with Crippen LogP contribution in [-0.4, -0.2) is 25.0 Å². The van der Waals surface area contributed by atoms with Gasteiger partial charge in [-0.1, -0.05) is 0 Å². The molecule has 0 radical (unpaired) electrons. The summed E-state index contributed by atoms with van der Waals surface area (Å²) in [5, 5.41) is 6.29. The van der Waals surface area contributed by atoms with E-state index in [-0.39, 0.29) is 5.91 Å². The van der Waals surface area contributed by atoms with Crippen LogP contribution in [-0.2, 0) is 4.79 Å². The van der Waals surface area contributed by atoms with Crippen LogP contribution in [0.2, 0.25) is 0 Å². The smallest absolute Gasteiger partial charge is 0.220 e. The Bertz CT molecular complexity index is 163. The highest BCUT2D eigenvalue weighted by atomic mass is 16.1. The zero-order valence-electron chi connectivity index (χ0n) is 6.60. The molecule has 2 aliphatic heterocycles. The summed E-state index contributed by atoms with van der Waals surface area (Å²) in [6.45, 7) is 2.02. The summed E-state index contributed by atoms with van der Waals surface area (Å²) in [5.74, 6) is 0.786. The van der Waals surface area contributed by atoms with E-state index >= 15 is 0 Å². The molecule has 2 fully saturated rings. The molecule has 0 aromatic rings. The van der Waals surface area contributed by atoms with E-state index in [4.69, 9.17) is 0 Å². The van der Waals surface area contributed by atoms with Crippen molar-refractivity contribution in [3.8, 4) is 0 Å². The average molecular weight is 154 g/mol. The summed E-state index contributed by atoms with van der Waals surface area (Å²) >= 11 is 0. The third-order valence-electron chi connectivity index (χ3n) is 2.68. The molecule has 2 atom stereocenters. The molecule has 2 unspecified atom stereocenters. The zero-order chi connectivity index (χ0) is 7.68. The van der Waals surface area contributed by atoms with Gasteiger partial charge in [0.1, 0.15) is 0 Å². The van der Waals surface area contributed by atoms with Crippen molar-refractivity contribution in [2.24, 2.45) is 5.92 Å². The summed E-state index contributed by atoms with van der Waals surface area (Å²) in [4.78, 5) is 10.9. The molecular formula is C8H14N2O. The molecule has 1 amide bonds. The highest BCUT2D eigenvalue weighted by molar-refractivity contribution is 5.78. The van der Waals surface area contributed by atoms with Crippen molar-refractivity contribution in [3.05, 3.63) is 0 Å². The van der Waals surface area contributed by atoms with Crippen molar-refractivity contribution in [3.63, 3.8) is 0 Å². The van der Waals surface area contributed by atoms with Gasteiger partial charge in [0.2, 0.25) is 5.91 Å². The summed E-state index contributed by atoms with van der Waals surface area (Å²) < 4.78 is 0. The van der Waals surface area contributed by atoms with E-state index in [2.05, 4.69) is 10.6 Å². The molecule has 0 bridgehead atoms. The Kier molecular flexibility index (Phi) is 1.82. The molecule has 0 spiro atoms. The van der Waals surface area contributed by atoms with Crippen molar-refractivity contribution in [2.45, 2.75) is 25.3 Å². The minimum atomic E-state index is 0.226. The fraction of sp³-hybridized carbons (Fsp3) is 0.875. The summed E-state index contributed by atoms with van der Waals surface area (Å²) in [5.41, 5.74) is 0. The maximum atomic E-state index is 10.9. The van der Waals surface area contributed by atoms with Gasteiger partial charge < -0.3 is 10.6 Å². The van der Waals surface area contributed by atoms with E-state index in [0.29, 0.717) is 12.0 Å². The highest BCUT2D eigenvalue weighted by Crippen LogP contribution is 2.20. The van der Waals surface area contributed by atoms with E-state index in [1.165, 1.54) is 12.8 Å². The van der Waals surface area contributed by atoms with E-state index in [1.807, 2.05) is 0 Å². The molecule has 2 saturated heterocycles. The van der Waals surface area contributed by atoms with Gasteiger partial charge in [0.25, 0.3) is 0 Å². The Morgan fingerprint density at radius 1 is 1.45 bits per heavy atom. The first-order chi connectivity index (χ1) is 5.36. The molecule has 11 heavy (non-hydrogen) atoms. The van der Waals surface area contributed by atoms with Crippen molar-refractivity contribution in [2.75, 3.05) is 13.1 Å². The van der Waals surface area contributed by atoms with E-state index < -0.39 is 0 Å². The molecular weight excluding hydrogens is 140 g/mol. The topological polar surface area (TPSA) is 41.1 Å². The maximum absolute atomic E-state index is 10.9. The maximum Gasteiger partial charge on any atom is 0.220 e. The number of carbonyl (C=O) groups is 1. The van der Waals surface area contributed by atoms with E-state index in [9.17, 15) is 4.79 Å². The number of hydrogen-bond acceptors (Lipinski definition) is 2. The Hall–Kier alpha value is -0.570. The highest BCUT2D eigenvalue weighted by Gasteiger charge is 2.30. The Morgan fingerprint density at radius 3 is 2.91 bits per heavy atom.